The number of benzene rings is 2. The maximum atomic E-state index is 9.76. The first kappa shape index (κ1) is 18.4. The first-order valence-corrected chi connectivity index (χ1v) is 8.20. The molecule has 122 valence electrons. The van der Waals surface area contributed by atoms with E-state index in [2.05, 4.69) is 57.2 Å². The zero-order valence-corrected chi connectivity index (χ0v) is 16.1. The highest BCUT2D eigenvalue weighted by Crippen LogP contribution is 2.18. The van der Waals surface area contributed by atoms with Gasteiger partial charge in [0.2, 0.25) is 0 Å². The lowest BCUT2D eigenvalue weighted by Gasteiger charge is -2.00. The Balaban J connectivity index is 0.00000208. The van der Waals surface area contributed by atoms with Crippen molar-refractivity contribution in [2.45, 2.75) is 6.54 Å². The van der Waals surface area contributed by atoms with Crippen molar-refractivity contribution in [1.82, 2.24) is 0 Å². The molecular formula is C20H17Br2NO. The molecule has 0 aliphatic carbocycles. The number of phenols is 1. The first-order valence-electron chi connectivity index (χ1n) is 7.40. The number of halogens is 2. The van der Waals surface area contributed by atoms with Crippen molar-refractivity contribution in [3.8, 4) is 5.75 Å². The lowest BCUT2D eigenvalue weighted by molar-refractivity contribution is -0.688. The molecule has 4 heteroatoms. The molecule has 0 unspecified atom stereocenters. The minimum Gasteiger partial charge on any atom is -1.00 e. The molecule has 0 saturated carbocycles. The molecule has 0 amide bonds. The molecule has 1 aromatic heterocycles. The second-order valence-electron chi connectivity index (χ2n) is 5.33. The number of nitrogens with zero attached hydrogens (tertiary/aromatic N) is 1. The van der Waals surface area contributed by atoms with Gasteiger partial charge < -0.3 is 22.1 Å². The van der Waals surface area contributed by atoms with E-state index >= 15 is 0 Å². The summed E-state index contributed by atoms with van der Waals surface area (Å²) in [5, 5.41) is 9.76. The van der Waals surface area contributed by atoms with Crippen molar-refractivity contribution in [2.24, 2.45) is 0 Å². The fraction of sp³-hybridized carbons (Fsp3) is 0.0500. The second-order valence-corrected chi connectivity index (χ2v) is 6.24. The Kier molecular flexibility index (Phi) is 6.76. The molecule has 24 heavy (non-hydrogen) atoms. The van der Waals surface area contributed by atoms with E-state index in [9.17, 15) is 5.11 Å². The molecule has 0 bridgehead atoms. The predicted octanol–water partition coefficient (Wildman–Crippen LogP) is 1.66. The third kappa shape index (κ3) is 5.05. The van der Waals surface area contributed by atoms with E-state index in [0.29, 0.717) is 5.75 Å². The molecule has 0 aliphatic heterocycles. The van der Waals surface area contributed by atoms with Gasteiger partial charge in [-0.25, -0.2) is 4.57 Å². The van der Waals surface area contributed by atoms with Crippen molar-refractivity contribution in [3.05, 3.63) is 94.2 Å². The third-order valence-corrected chi connectivity index (χ3v) is 4.06. The average molecular weight is 447 g/mol. The molecule has 0 spiro atoms. The molecule has 0 aliphatic rings. The van der Waals surface area contributed by atoms with Gasteiger partial charge in [0.05, 0.1) is 0 Å². The van der Waals surface area contributed by atoms with Crippen LogP contribution in [-0.2, 0) is 6.54 Å². The summed E-state index contributed by atoms with van der Waals surface area (Å²) in [5.74, 6) is 0.296. The number of phenolic OH excluding ortho intramolecular Hbond substituents is 1. The number of pyridine rings is 1. The summed E-state index contributed by atoms with van der Waals surface area (Å²) in [6.07, 6.45) is 8.04. The van der Waals surface area contributed by atoms with Gasteiger partial charge in [0.1, 0.15) is 5.75 Å². The Labute approximate surface area is 161 Å². The topological polar surface area (TPSA) is 24.1 Å². The molecule has 1 heterocycles. The van der Waals surface area contributed by atoms with Crippen LogP contribution in [0.15, 0.2) is 77.5 Å². The van der Waals surface area contributed by atoms with E-state index < -0.39 is 0 Å². The molecule has 3 rings (SSSR count). The van der Waals surface area contributed by atoms with Gasteiger partial charge in [-0.15, -0.1) is 0 Å². The van der Waals surface area contributed by atoms with Crippen LogP contribution in [0, 0.1) is 0 Å². The Morgan fingerprint density at radius 3 is 2.38 bits per heavy atom. The van der Waals surface area contributed by atoms with Crippen LogP contribution < -0.4 is 21.5 Å². The largest absolute Gasteiger partial charge is 1.00 e. The Hall–Kier alpha value is -1.91. The summed E-state index contributed by atoms with van der Waals surface area (Å²) in [7, 11) is 0. The summed E-state index contributed by atoms with van der Waals surface area (Å²) in [6, 6.07) is 19.8. The summed E-state index contributed by atoms with van der Waals surface area (Å²) < 4.78 is 3.23. The Morgan fingerprint density at radius 2 is 1.67 bits per heavy atom. The molecule has 1 N–H and O–H groups in total. The molecule has 0 saturated heterocycles. The van der Waals surface area contributed by atoms with Gasteiger partial charge in [0.15, 0.2) is 18.9 Å². The summed E-state index contributed by atoms with van der Waals surface area (Å²) in [4.78, 5) is 0. The number of rotatable bonds is 4. The number of hydrogen-bond acceptors (Lipinski definition) is 1. The van der Waals surface area contributed by atoms with Crippen LogP contribution in [0.1, 0.15) is 16.7 Å². The van der Waals surface area contributed by atoms with Crippen molar-refractivity contribution >= 4 is 28.1 Å². The fourth-order valence-electron chi connectivity index (χ4n) is 2.35. The molecule has 0 fully saturated rings. The van der Waals surface area contributed by atoms with Gasteiger partial charge in [-0.2, -0.15) is 0 Å². The molecule has 2 aromatic carbocycles. The van der Waals surface area contributed by atoms with Crippen LogP contribution in [0.5, 0.6) is 5.75 Å². The van der Waals surface area contributed by atoms with Gasteiger partial charge in [0.25, 0.3) is 0 Å². The Morgan fingerprint density at radius 1 is 0.917 bits per heavy atom. The number of aromatic nitrogens is 1. The maximum Gasteiger partial charge on any atom is 0.173 e. The van der Waals surface area contributed by atoms with Gasteiger partial charge in [0, 0.05) is 27.7 Å². The van der Waals surface area contributed by atoms with Crippen molar-refractivity contribution in [2.75, 3.05) is 0 Å². The minimum atomic E-state index is 0. The lowest BCUT2D eigenvalue weighted by atomic mass is 10.1. The van der Waals surface area contributed by atoms with E-state index in [1.165, 1.54) is 5.56 Å². The maximum absolute atomic E-state index is 9.76. The van der Waals surface area contributed by atoms with E-state index in [4.69, 9.17) is 0 Å². The van der Waals surface area contributed by atoms with Crippen LogP contribution >= 0.6 is 15.9 Å². The quantitative estimate of drug-likeness (QED) is 0.605. The van der Waals surface area contributed by atoms with Gasteiger partial charge in [-0.1, -0.05) is 58.4 Å². The van der Waals surface area contributed by atoms with Gasteiger partial charge >= 0.3 is 0 Å². The monoisotopic (exact) mass is 445 g/mol. The summed E-state index contributed by atoms with van der Waals surface area (Å²) in [6.45, 7) is 0.836. The summed E-state index contributed by atoms with van der Waals surface area (Å²) >= 11 is 3.50. The van der Waals surface area contributed by atoms with Crippen molar-refractivity contribution in [3.63, 3.8) is 0 Å². The predicted molar refractivity (Wildman–Crippen MR) is 96.9 cm³/mol. The first-order chi connectivity index (χ1) is 11.2. The normalized spacial score (nSPS) is 10.5. The standard InChI is InChI=1S/C20H16BrNO.BrH/c21-19-6-3-4-17(14-19)15-22-12-10-16(11-13-22)8-9-18-5-1-2-7-20(18)23;/h1-14H,15H2;1H. The van der Waals surface area contributed by atoms with Crippen molar-refractivity contribution in [1.29, 1.82) is 0 Å². The van der Waals surface area contributed by atoms with E-state index in [1.807, 2.05) is 42.5 Å². The van der Waals surface area contributed by atoms with Crippen LogP contribution in [0.3, 0.4) is 0 Å². The number of hydrogen-bond donors (Lipinski definition) is 1. The SMILES string of the molecule is Oc1ccccc1/C=C/c1cc[n+](Cc2cccc(Br)c2)cc1.[Br-]. The molecule has 0 atom stereocenters. The van der Waals surface area contributed by atoms with Gasteiger partial charge in [-0.05, 0) is 23.8 Å². The lowest BCUT2D eigenvalue weighted by Crippen LogP contribution is -3.00. The van der Waals surface area contributed by atoms with Crippen LogP contribution in [0.2, 0.25) is 0 Å². The van der Waals surface area contributed by atoms with Crippen molar-refractivity contribution < 1.29 is 26.7 Å². The second kappa shape index (κ2) is 8.81. The third-order valence-electron chi connectivity index (χ3n) is 3.56. The minimum absolute atomic E-state index is 0. The highest BCUT2D eigenvalue weighted by Gasteiger charge is 2.03. The molecule has 3 aromatic rings. The highest BCUT2D eigenvalue weighted by molar-refractivity contribution is 9.10. The van der Waals surface area contributed by atoms with Gasteiger partial charge in [-0.3, -0.25) is 0 Å². The molecular weight excluding hydrogens is 430 g/mol. The smallest absolute Gasteiger partial charge is 0.173 e. The molecule has 2 nitrogen and oxygen atoms in total. The molecule has 0 radical (unpaired) electrons. The van der Waals surface area contributed by atoms with Crippen LogP contribution in [-0.4, -0.2) is 5.11 Å². The highest BCUT2D eigenvalue weighted by atomic mass is 79.9. The zero-order valence-electron chi connectivity index (χ0n) is 12.9. The van der Waals surface area contributed by atoms with Crippen LogP contribution in [0.25, 0.3) is 12.2 Å². The zero-order chi connectivity index (χ0) is 16.1. The number of aromatic hydroxyl groups is 1. The fourth-order valence-corrected chi connectivity index (χ4v) is 2.79. The Bertz CT molecular complexity index is 829. The van der Waals surface area contributed by atoms with E-state index in [1.54, 1.807) is 6.07 Å². The number of para-hydroxylation sites is 1. The average Bonchev–Trinajstić information content (AvgIpc) is 2.56. The van der Waals surface area contributed by atoms with E-state index in [-0.39, 0.29) is 17.0 Å². The van der Waals surface area contributed by atoms with E-state index in [0.717, 1.165) is 22.1 Å². The summed E-state index contributed by atoms with van der Waals surface area (Å²) in [5.41, 5.74) is 3.17. The van der Waals surface area contributed by atoms with Crippen LogP contribution in [0.4, 0.5) is 0 Å².